The first-order valence-electron chi connectivity index (χ1n) is 7.32. The molecule has 2 rings (SSSR count). The number of amides is 2. The number of carbonyl (C=O) groups is 1. The van der Waals surface area contributed by atoms with E-state index in [1.54, 1.807) is 4.90 Å². The smallest absolute Gasteiger partial charge is 0.321 e. The van der Waals surface area contributed by atoms with Gasteiger partial charge >= 0.3 is 6.03 Å². The molecule has 1 aromatic carbocycles. The number of urea groups is 1. The van der Waals surface area contributed by atoms with E-state index in [4.69, 9.17) is 0 Å². The number of anilines is 1. The lowest BCUT2D eigenvalue weighted by Gasteiger charge is -2.29. The average Bonchev–Trinajstić information content (AvgIpc) is 2.48. The largest absolute Gasteiger partial charge is 0.324 e. The van der Waals surface area contributed by atoms with Gasteiger partial charge in [-0.1, -0.05) is 0 Å². The molecule has 1 aliphatic heterocycles. The highest BCUT2D eigenvalue weighted by molar-refractivity contribution is 5.89. The van der Waals surface area contributed by atoms with Crippen LogP contribution in [0.5, 0.6) is 0 Å². The van der Waals surface area contributed by atoms with Crippen molar-refractivity contribution < 1.29 is 13.6 Å². The van der Waals surface area contributed by atoms with Crippen molar-refractivity contribution in [1.29, 1.82) is 0 Å². The summed E-state index contributed by atoms with van der Waals surface area (Å²) in [5.74, 6) is -1.01. The maximum atomic E-state index is 13.6. The van der Waals surface area contributed by atoms with Crippen LogP contribution in [-0.4, -0.2) is 37.1 Å². The van der Waals surface area contributed by atoms with Crippen molar-refractivity contribution >= 4 is 11.7 Å². The molecule has 116 valence electrons. The highest BCUT2D eigenvalue weighted by Gasteiger charge is 2.20. The molecule has 0 aliphatic carbocycles. The molecule has 1 aliphatic rings. The average molecular weight is 297 g/mol. The van der Waals surface area contributed by atoms with Crippen molar-refractivity contribution in [3.8, 4) is 0 Å². The van der Waals surface area contributed by atoms with Gasteiger partial charge in [0, 0.05) is 19.2 Å². The Morgan fingerprint density at radius 3 is 2.90 bits per heavy atom. The fraction of sp³-hybridized carbons (Fsp3) is 0.533. The van der Waals surface area contributed by atoms with Crippen LogP contribution in [0.3, 0.4) is 0 Å². The van der Waals surface area contributed by atoms with Gasteiger partial charge in [-0.2, -0.15) is 0 Å². The molecule has 1 atom stereocenters. The minimum absolute atomic E-state index is 0.00150. The topological polar surface area (TPSA) is 44.4 Å². The lowest BCUT2D eigenvalue weighted by atomic mass is 9.99. The second-order valence-electron chi connectivity index (χ2n) is 5.31. The minimum atomic E-state index is -0.765. The number of piperidine rings is 1. The fourth-order valence-electron chi connectivity index (χ4n) is 2.53. The molecule has 0 bridgehead atoms. The second-order valence-corrected chi connectivity index (χ2v) is 5.31. The Hall–Kier alpha value is -1.69. The molecule has 6 heteroatoms. The highest BCUT2D eigenvalue weighted by atomic mass is 19.1. The molecule has 0 aromatic heterocycles. The number of benzene rings is 1. The first-order chi connectivity index (χ1) is 10.1. The van der Waals surface area contributed by atoms with E-state index >= 15 is 0 Å². The second kappa shape index (κ2) is 7.36. The Kier molecular flexibility index (Phi) is 5.50. The van der Waals surface area contributed by atoms with Gasteiger partial charge in [0.25, 0.3) is 0 Å². The molecule has 0 spiro atoms. The minimum Gasteiger partial charge on any atom is -0.324 e. The van der Waals surface area contributed by atoms with Crippen LogP contribution in [0.15, 0.2) is 18.2 Å². The molecule has 1 unspecified atom stereocenters. The van der Waals surface area contributed by atoms with Gasteiger partial charge in [-0.25, -0.2) is 13.6 Å². The van der Waals surface area contributed by atoms with Gasteiger partial charge < -0.3 is 15.5 Å². The van der Waals surface area contributed by atoms with Crippen molar-refractivity contribution in [2.75, 3.05) is 31.5 Å². The molecule has 4 nitrogen and oxygen atoms in total. The van der Waals surface area contributed by atoms with Gasteiger partial charge in [0.1, 0.15) is 11.6 Å². The van der Waals surface area contributed by atoms with Gasteiger partial charge in [0.05, 0.1) is 5.69 Å². The first kappa shape index (κ1) is 15.7. The zero-order chi connectivity index (χ0) is 15.2. The maximum Gasteiger partial charge on any atom is 0.321 e. The Morgan fingerprint density at radius 1 is 1.48 bits per heavy atom. The van der Waals surface area contributed by atoms with Gasteiger partial charge in [0.15, 0.2) is 0 Å². The number of nitrogens with one attached hydrogen (secondary N) is 2. The van der Waals surface area contributed by atoms with Crippen LogP contribution in [0, 0.1) is 17.6 Å². The van der Waals surface area contributed by atoms with Crippen LogP contribution in [0.4, 0.5) is 19.3 Å². The van der Waals surface area contributed by atoms with Crippen molar-refractivity contribution in [2.45, 2.75) is 19.8 Å². The van der Waals surface area contributed by atoms with Crippen LogP contribution >= 0.6 is 0 Å². The summed E-state index contributed by atoms with van der Waals surface area (Å²) in [5, 5.41) is 5.81. The quantitative estimate of drug-likeness (QED) is 0.897. The van der Waals surface area contributed by atoms with E-state index in [2.05, 4.69) is 10.6 Å². The number of hydrogen-bond donors (Lipinski definition) is 2. The molecule has 1 aromatic rings. The summed E-state index contributed by atoms with van der Waals surface area (Å²) in [7, 11) is 0. The summed E-state index contributed by atoms with van der Waals surface area (Å²) in [6.45, 7) is 4.99. The molecule has 1 heterocycles. The summed E-state index contributed by atoms with van der Waals surface area (Å²) in [4.78, 5) is 13.8. The summed E-state index contributed by atoms with van der Waals surface area (Å²) < 4.78 is 26.4. The molecule has 2 amide bonds. The molecule has 21 heavy (non-hydrogen) atoms. The Bertz CT molecular complexity index is 490. The van der Waals surface area contributed by atoms with E-state index in [0.29, 0.717) is 19.0 Å². The number of hydrogen-bond acceptors (Lipinski definition) is 2. The summed E-state index contributed by atoms with van der Waals surface area (Å²) in [6, 6.07) is 2.77. The van der Waals surface area contributed by atoms with E-state index < -0.39 is 11.6 Å². The van der Waals surface area contributed by atoms with E-state index in [1.807, 2.05) is 6.92 Å². The lowest BCUT2D eigenvalue weighted by molar-refractivity contribution is 0.197. The van der Waals surface area contributed by atoms with Gasteiger partial charge in [-0.15, -0.1) is 0 Å². The third-order valence-electron chi connectivity index (χ3n) is 3.72. The van der Waals surface area contributed by atoms with Gasteiger partial charge in [-0.05, 0) is 50.9 Å². The molecular weight excluding hydrogens is 276 g/mol. The predicted molar refractivity (Wildman–Crippen MR) is 78.2 cm³/mol. The summed E-state index contributed by atoms with van der Waals surface area (Å²) >= 11 is 0. The van der Waals surface area contributed by atoms with E-state index in [9.17, 15) is 13.6 Å². The van der Waals surface area contributed by atoms with Crippen molar-refractivity contribution in [1.82, 2.24) is 10.2 Å². The zero-order valence-corrected chi connectivity index (χ0v) is 12.2. The summed E-state index contributed by atoms with van der Waals surface area (Å²) in [6.07, 6.45) is 2.19. The van der Waals surface area contributed by atoms with Crippen molar-refractivity contribution in [3.05, 3.63) is 29.8 Å². The van der Waals surface area contributed by atoms with Crippen LogP contribution in [0.2, 0.25) is 0 Å². The SMILES string of the molecule is CCN(CC1CCCNC1)C(=O)Nc1ccc(F)cc1F. The number of rotatable bonds is 4. The molecule has 1 saturated heterocycles. The predicted octanol–water partition coefficient (Wildman–Crippen LogP) is 2.82. The van der Waals surface area contributed by atoms with E-state index in [0.717, 1.165) is 38.1 Å². The number of nitrogens with zero attached hydrogens (tertiary/aromatic N) is 1. The normalized spacial score (nSPS) is 18.3. The highest BCUT2D eigenvalue weighted by Crippen LogP contribution is 2.17. The third-order valence-corrected chi connectivity index (χ3v) is 3.72. The Labute approximate surface area is 123 Å². The monoisotopic (exact) mass is 297 g/mol. The molecular formula is C15H21F2N3O. The molecule has 2 N–H and O–H groups in total. The maximum absolute atomic E-state index is 13.6. The van der Waals surface area contributed by atoms with Crippen molar-refractivity contribution in [2.24, 2.45) is 5.92 Å². The van der Waals surface area contributed by atoms with E-state index in [1.165, 1.54) is 6.07 Å². The fourth-order valence-corrected chi connectivity index (χ4v) is 2.53. The number of carbonyl (C=O) groups excluding carboxylic acids is 1. The standard InChI is InChI=1S/C15H21F2N3O/c1-2-20(10-11-4-3-7-18-9-11)15(21)19-14-6-5-12(16)8-13(14)17/h5-6,8,11,18H,2-4,7,9-10H2,1H3,(H,19,21). The van der Waals surface area contributed by atoms with Crippen molar-refractivity contribution in [3.63, 3.8) is 0 Å². The molecule has 1 fully saturated rings. The van der Waals surface area contributed by atoms with Crippen LogP contribution in [0.25, 0.3) is 0 Å². The van der Waals surface area contributed by atoms with Gasteiger partial charge in [0.2, 0.25) is 0 Å². The van der Waals surface area contributed by atoms with Crippen LogP contribution in [0.1, 0.15) is 19.8 Å². The Balaban J connectivity index is 1.95. The lowest BCUT2D eigenvalue weighted by Crippen LogP contribution is -2.42. The van der Waals surface area contributed by atoms with Crippen LogP contribution < -0.4 is 10.6 Å². The van der Waals surface area contributed by atoms with Gasteiger partial charge in [-0.3, -0.25) is 0 Å². The van der Waals surface area contributed by atoms with Crippen LogP contribution in [-0.2, 0) is 0 Å². The van der Waals surface area contributed by atoms with E-state index in [-0.39, 0.29) is 11.7 Å². The molecule has 0 saturated carbocycles. The first-order valence-corrected chi connectivity index (χ1v) is 7.32. The zero-order valence-electron chi connectivity index (χ0n) is 12.2. The third kappa shape index (κ3) is 4.39. The number of halogens is 2. The molecule has 0 radical (unpaired) electrons. The Morgan fingerprint density at radius 2 is 2.29 bits per heavy atom. The summed E-state index contributed by atoms with van der Waals surface area (Å²) in [5.41, 5.74) is 0.00150.